The van der Waals surface area contributed by atoms with Crippen molar-refractivity contribution in [2.24, 2.45) is 0 Å². The van der Waals surface area contributed by atoms with Crippen LogP contribution in [0.3, 0.4) is 0 Å². The van der Waals surface area contributed by atoms with E-state index >= 15 is 0 Å². The van der Waals surface area contributed by atoms with Gasteiger partial charge in [0.2, 0.25) is 0 Å². The molecular weight excluding hydrogens is 261 g/mol. The van der Waals surface area contributed by atoms with Crippen LogP contribution in [-0.2, 0) is 4.79 Å². The standard InChI is InChI=1S/C15H20FNO3/c16-12-6-3-4-8-14(12)20-11-10-17-9-5-1-2-7-13(17)15(18)19/h3-4,6,8,13H,1-2,5,7,9-11H2,(H,18,19). The molecule has 0 bridgehead atoms. The molecule has 0 aromatic heterocycles. The predicted molar refractivity (Wildman–Crippen MR) is 73.4 cm³/mol. The lowest BCUT2D eigenvalue weighted by atomic mass is 10.1. The van der Waals surface area contributed by atoms with Crippen molar-refractivity contribution in [3.05, 3.63) is 30.1 Å². The molecule has 1 N–H and O–H groups in total. The van der Waals surface area contributed by atoms with Gasteiger partial charge in [-0.1, -0.05) is 25.0 Å². The van der Waals surface area contributed by atoms with Crippen LogP contribution in [0.1, 0.15) is 25.7 Å². The maximum Gasteiger partial charge on any atom is 0.320 e. The van der Waals surface area contributed by atoms with Crippen LogP contribution in [0.25, 0.3) is 0 Å². The van der Waals surface area contributed by atoms with Gasteiger partial charge in [0.1, 0.15) is 12.6 Å². The molecule has 5 heteroatoms. The second-order valence-electron chi connectivity index (χ2n) is 5.02. The Labute approximate surface area is 118 Å². The van der Waals surface area contributed by atoms with Crippen LogP contribution < -0.4 is 4.74 Å². The Morgan fingerprint density at radius 3 is 2.90 bits per heavy atom. The van der Waals surface area contributed by atoms with E-state index in [1.165, 1.54) is 6.07 Å². The number of para-hydroxylation sites is 1. The second kappa shape index (κ2) is 7.24. The van der Waals surface area contributed by atoms with Crippen LogP contribution in [0.4, 0.5) is 4.39 Å². The van der Waals surface area contributed by atoms with Gasteiger partial charge >= 0.3 is 5.97 Å². The SMILES string of the molecule is O=C(O)C1CCCCCN1CCOc1ccccc1F. The predicted octanol–water partition coefficient (Wildman–Crippen LogP) is 2.53. The van der Waals surface area contributed by atoms with Crippen molar-refractivity contribution in [2.75, 3.05) is 19.7 Å². The van der Waals surface area contributed by atoms with E-state index in [0.717, 1.165) is 25.8 Å². The minimum Gasteiger partial charge on any atom is -0.489 e. The van der Waals surface area contributed by atoms with Gasteiger partial charge in [0.05, 0.1) is 0 Å². The highest BCUT2D eigenvalue weighted by Gasteiger charge is 2.26. The molecule has 1 aromatic rings. The molecule has 1 heterocycles. The maximum absolute atomic E-state index is 13.4. The van der Waals surface area contributed by atoms with Crippen molar-refractivity contribution in [1.82, 2.24) is 4.90 Å². The van der Waals surface area contributed by atoms with Gasteiger partial charge in [-0.2, -0.15) is 0 Å². The molecule has 0 spiro atoms. The Kier molecular flexibility index (Phi) is 5.35. The minimum atomic E-state index is -0.780. The molecule has 1 aromatic carbocycles. The number of rotatable bonds is 5. The first-order valence-electron chi connectivity index (χ1n) is 7.02. The lowest BCUT2D eigenvalue weighted by Gasteiger charge is -2.26. The number of carboxylic acid groups (broad SMARTS) is 1. The quantitative estimate of drug-likeness (QED) is 0.901. The van der Waals surface area contributed by atoms with E-state index in [4.69, 9.17) is 4.74 Å². The highest BCUT2D eigenvalue weighted by Crippen LogP contribution is 2.18. The first-order chi connectivity index (χ1) is 9.68. The van der Waals surface area contributed by atoms with Crippen LogP contribution in [-0.4, -0.2) is 41.7 Å². The fraction of sp³-hybridized carbons (Fsp3) is 0.533. The fourth-order valence-electron chi connectivity index (χ4n) is 2.55. The summed E-state index contributed by atoms with van der Waals surface area (Å²) in [4.78, 5) is 13.2. The molecular formula is C15H20FNO3. The lowest BCUT2D eigenvalue weighted by molar-refractivity contribution is -0.143. The van der Waals surface area contributed by atoms with Gasteiger partial charge in [0.25, 0.3) is 0 Å². The van der Waals surface area contributed by atoms with Crippen molar-refractivity contribution in [3.8, 4) is 5.75 Å². The van der Waals surface area contributed by atoms with Gasteiger partial charge in [-0.15, -0.1) is 0 Å². The summed E-state index contributed by atoms with van der Waals surface area (Å²) >= 11 is 0. The van der Waals surface area contributed by atoms with Gasteiger partial charge in [0.15, 0.2) is 11.6 Å². The summed E-state index contributed by atoms with van der Waals surface area (Å²) < 4.78 is 18.8. The van der Waals surface area contributed by atoms with Crippen molar-refractivity contribution >= 4 is 5.97 Å². The molecule has 1 atom stereocenters. The zero-order valence-electron chi connectivity index (χ0n) is 11.4. The van der Waals surface area contributed by atoms with E-state index in [0.29, 0.717) is 19.6 Å². The van der Waals surface area contributed by atoms with Crippen molar-refractivity contribution in [3.63, 3.8) is 0 Å². The molecule has 1 aliphatic heterocycles. The number of hydrogen-bond acceptors (Lipinski definition) is 3. The molecule has 4 nitrogen and oxygen atoms in total. The molecule has 110 valence electrons. The minimum absolute atomic E-state index is 0.217. The average Bonchev–Trinajstić information content (AvgIpc) is 2.66. The van der Waals surface area contributed by atoms with E-state index < -0.39 is 17.8 Å². The van der Waals surface area contributed by atoms with Crippen LogP contribution in [0, 0.1) is 5.82 Å². The Hall–Kier alpha value is -1.62. The van der Waals surface area contributed by atoms with Crippen LogP contribution in [0.5, 0.6) is 5.75 Å². The Bertz CT molecular complexity index is 452. The lowest BCUT2D eigenvalue weighted by Crippen LogP contribution is -2.42. The number of nitrogens with zero attached hydrogens (tertiary/aromatic N) is 1. The van der Waals surface area contributed by atoms with Crippen molar-refractivity contribution in [1.29, 1.82) is 0 Å². The van der Waals surface area contributed by atoms with E-state index in [9.17, 15) is 14.3 Å². The van der Waals surface area contributed by atoms with Gasteiger partial charge in [0, 0.05) is 6.54 Å². The summed E-state index contributed by atoms with van der Waals surface area (Å²) in [7, 11) is 0. The fourth-order valence-corrected chi connectivity index (χ4v) is 2.55. The largest absolute Gasteiger partial charge is 0.489 e. The summed E-state index contributed by atoms with van der Waals surface area (Å²) in [6, 6.07) is 5.80. The smallest absolute Gasteiger partial charge is 0.320 e. The summed E-state index contributed by atoms with van der Waals surface area (Å²) in [5.41, 5.74) is 0. The molecule has 0 amide bonds. The van der Waals surface area contributed by atoms with Crippen molar-refractivity contribution in [2.45, 2.75) is 31.7 Å². The van der Waals surface area contributed by atoms with E-state index in [-0.39, 0.29) is 5.75 Å². The summed E-state index contributed by atoms with van der Waals surface area (Å²) in [5.74, 6) is -0.954. The van der Waals surface area contributed by atoms with Crippen LogP contribution in [0.15, 0.2) is 24.3 Å². The normalized spacial score (nSPS) is 20.4. The zero-order valence-corrected chi connectivity index (χ0v) is 11.4. The summed E-state index contributed by atoms with van der Waals surface area (Å²) in [6.07, 6.45) is 3.69. The van der Waals surface area contributed by atoms with Gasteiger partial charge in [-0.3, -0.25) is 9.69 Å². The average molecular weight is 281 g/mol. The van der Waals surface area contributed by atoms with E-state index in [1.807, 2.05) is 4.90 Å². The molecule has 2 rings (SSSR count). The first-order valence-corrected chi connectivity index (χ1v) is 7.02. The Morgan fingerprint density at radius 2 is 2.15 bits per heavy atom. The molecule has 20 heavy (non-hydrogen) atoms. The summed E-state index contributed by atoms with van der Waals surface area (Å²) in [5, 5.41) is 9.25. The van der Waals surface area contributed by atoms with Crippen LogP contribution >= 0.6 is 0 Å². The number of halogens is 1. The van der Waals surface area contributed by atoms with Gasteiger partial charge < -0.3 is 9.84 Å². The van der Waals surface area contributed by atoms with E-state index in [2.05, 4.69) is 0 Å². The third-order valence-corrected chi connectivity index (χ3v) is 3.62. The molecule has 0 radical (unpaired) electrons. The Morgan fingerprint density at radius 1 is 1.35 bits per heavy atom. The number of ether oxygens (including phenoxy) is 1. The van der Waals surface area contributed by atoms with Crippen LogP contribution in [0.2, 0.25) is 0 Å². The molecule has 1 unspecified atom stereocenters. The second-order valence-corrected chi connectivity index (χ2v) is 5.02. The number of aliphatic carboxylic acids is 1. The highest BCUT2D eigenvalue weighted by atomic mass is 19.1. The number of benzene rings is 1. The summed E-state index contributed by atoms with van der Waals surface area (Å²) in [6.45, 7) is 1.56. The van der Waals surface area contributed by atoms with Gasteiger partial charge in [-0.05, 0) is 31.5 Å². The van der Waals surface area contributed by atoms with E-state index in [1.54, 1.807) is 18.2 Å². The number of carbonyl (C=O) groups is 1. The molecule has 0 aliphatic carbocycles. The molecule has 1 aliphatic rings. The number of hydrogen-bond donors (Lipinski definition) is 1. The molecule has 1 saturated heterocycles. The topological polar surface area (TPSA) is 49.8 Å². The third kappa shape index (κ3) is 3.93. The highest BCUT2D eigenvalue weighted by molar-refractivity contribution is 5.73. The maximum atomic E-state index is 13.4. The molecule has 0 saturated carbocycles. The number of likely N-dealkylation sites (tertiary alicyclic amines) is 1. The van der Waals surface area contributed by atoms with Gasteiger partial charge in [-0.25, -0.2) is 4.39 Å². The number of carboxylic acids is 1. The molecule has 1 fully saturated rings. The monoisotopic (exact) mass is 281 g/mol. The Balaban J connectivity index is 1.88. The zero-order chi connectivity index (χ0) is 14.4. The van der Waals surface area contributed by atoms with Crippen molar-refractivity contribution < 1.29 is 19.0 Å². The first kappa shape index (κ1) is 14.8. The third-order valence-electron chi connectivity index (χ3n) is 3.62.